The SMILES string of the molecule is CCOc1cc([C@H]2C3=CC[C@@H]4C(=O)N(c5cccc(C(=O)O)c5)C(=O)[C@@H]4[C@@H]3C[C@@]3(Cl)C(=O)N(C)C(=O)[C@@]23Cl)ccc1O. The molecule has 1 saturated carbocycles. The Morgan fingerprint density at radius 1 is 1.05 bits per heavy atom. The zero-order valence-corrected chi connectivity index (χ0v) is 24.1. The van der Waals surface area contributed by atoms with Crippen LogP contribution in [-0.2, 0) is 19.2 Å². The third-order valence-electron chi connectivity index (χ3n) is 8.98. The number of alkyl halides is 2. The Morgan fingerprint density at radius 2 is 1.79 bits per heavy atom. The molecule has 2 aliphatic heterocycles. The number of anilines is 1. The standard InChI is InChI=1S/C30H26Cl2N2O8/c1-3-42-21-12-14(7-10-20(21)35)23-17-8-9-18-22(19(17)13-29(31)27(40)33(2)28(41)30(23,29)32)25(37)34(24(18)36)16-6-4-5-15(11-16)26(38)39/h4-8,10-12,18-19,22-23,35H,3,9,13H2,1-2H3,(H,38,39)/t18-,19+,22-,23-,29+,30-/m0/s1. The summed E-state index contributed by atoms with van der Waals surface area (Å²) in [5, 5.41) is 19.8. The van der Waals surface area contributed by atoms with E-state index in [2.05, 4.69) is 0 Å². The van der Waals surface area contributed by atoms with Crippen LogP contribution in [0.25, 0.3) is 0 Å². The molecule has 218 valence electrons. The van der Waals surface area contributed by atoms with Gasteiger partial charge in [-0.05, 0) is 61.6 Å². The minimum Gasteiger partial charge on any atom is -0.504 e. The number of ether oxygens (including phenoxy) is 1. The zero-order valence-electron chi connectivity index (χ0n) is 22.5. The fourth-order valence-electron chi connectivity index (χ4n) is 7.13. The van der Waals surface area contributed by atoms with E-state index in [0.29, 0.717) is 11.1 Å². The van der Waals surface area contributed by atoms with Crippen molar-refractivity contribution in [3.8, 4) is 11.5 Å². The number of imide groups is 2. The molecule has 2 aromatic carbocycles. The lowest BCUT2D eigenvalue weighted by Crippen LogP contribution is -2.60. The van der Waals surface area contributed by atoms with Gasteiger partial charge in [0.25, 0.3) is 11.8 Å². The van der Waals surface area contributed by atoms with Crippen molar-refractivity contribution >= 4 is 58.5 Å². The molecule has 0 aromatic heterocycles. The van der Waals surface area contributed by atoms with Crippen molar-refractivity contribution in [3.05, 3.63) is 65.2 Å². The van der Waals surface area contributed by atoms with Crippen LogP contribution in [0, 0.1) is 17.8 Å². The fourth-order valence-corrected chi connectivity index (χ4v) is 8.15. The number of carboxylic acids is 1. The number of hydrogen-bond donors (Lipinski definition) is 2. The van der Waals surface area contributed by atoms with E-state index in [9.17, 15) is 34.2 Å². The first-order valence-corrected chi connectivity index (χ1v) is 14.2. The van der Waals surface area contributed by atoms with E-state index in [1.807, 2.05) is 0 Å². The summed E-state index contributed by atoms with van der Waals surface area (Å²) in [5.41, 5.74) is 1.09. The van der Waals surface area contributed by atoms with Crippen LogP contribution in [0.3, 0.4) is 0 Å². The first kappa shape index (κ1) is 28.2. The minimum atomic E-state index is -1.96. The lowest BCUT2D eigenvalue weighted by molar-refractivity contribution is -0.138. The average molecular weight is 613 g/mol. The number of fused-ring (bicyclic) bond motifs is 4. The van der Waals surface area contributed by atoms with Gasteiger partial charge in [-0.15, -0.1) is 23.2 Å². The van der Waals surface area contributed by atoms with E-state index in [1.165, 1.54) is 37.4 Å². The molecule has 2 saturated heterocycles. The molecule has 0 unspecified atom stereocenters. The summed E-state index contributed by atoms with van der Waals surface area (Å²) in [5.74, 6) is -7.07. The van der Waals surface area contributed by atoms with Crippen molar-refractivity contribution in [1.29, 1.82) is 0 Å². The molecule has 3 fully saturated rings. The molecule has 4 aliphatic rings. The monoisotopic (exact) mass is 612 g/mol. The van der Waals surface area contributed by atoms with Crippen LogP contribution in [0.1, 0.15) is 41.6 Å². The summed E-state index contributed by atoms with van der Waals surface area (Å²) in [6.07, 6.45) is 1.78. The third-order valence-corrected chi connectivity index (χ3v) is 10.4. The molecule has 2 aromatic rings. The predicted octanol–water partition coefficient (Wildman–Crippen LogP) is 3.68. The molecule has 2 N–H and O–H groups in total. The third kappa shape index (κ3) is 3.61. The number of amides is 4. The highest BCUT2D eigenvalue weighted by molar-refractivity contribution is 6.53. The number of allylic oxidation sites excluding steroid dienone is 2. The predicted molar refractivity (Wildman–Crippen MR) is 151 cm³/mol. The van der Waals surface area contributed by atoms with Crippen LogP contribution < -0.4 is 9.64 Å². The molecule has 2 heterocycles. The highest BCUT2D eigenvalue weighted by atomic mass is 35.5. The number of phenolic OH excluding ortho intramolecular Hbond substituents is 1. The van der Waals surface area contributed by atoms with Crippen molar-refractivity contribution in [2.75, 3.05) is 18.6 Å². The molecule has 6 atom stereocenters. The van der Waals surface area contributed by atoms with Crippen molar-refractivity contribution < 1.29 is 38.9 Å². The van der Waals surface area contributed by atoms with E-state index in [4.69, 9.17) is 27.9 Å². The van der Waals surface area contributed by atoms with Gasteiger partial charge in [0.05, 0.1) is 29.7 Å². The van der Waals surface area contributed by atoms with E-state index in [-0.39, 0.29) is 42.2 Å². The van der Waals surface area contributed by atoms with Crippen molar-refractivity contribution in [3.63, 3.8) is 0 Å². The van der Waals surface area contributed by atoms with Gasteiger partial charge in [0.2, 0.25) is 11.8 Å². The van der Waals surface area contributed by atoms with Gasteiger partial charge in [0, 0.05) is 13.0 Å². The number of nitrogens with zero attached hydrogens (tertiary/aromatic N) is 2. The average Bonchev–Trinajstić information content (AvgIpc) is 3.29. The van der Waals surface area contributed by atoms with Crippen LogP contribution in [0.15, 0.2) is 54.1 Å². The number of rotatable bonds is 5. The van der Waals surface area contributed by atoms with Gasteiger partial charge in [-0.3, -0.25) is 29.0 Å². The maximum atomic E-state index is 14.0. The number of likely N-dealkylation sites (tertiary alicyclic amines) is 1. The summed E-state index contributed by atoms with van der Waals surface area (Å²) < 4.78 is 5.58. The maximum Gasteiger partial charge on any atom is 0.335 e. The van der Waals surface area contributed by atoms with Crippen LogP contribution >= 0.6 is 23.2 Å². The van der Waals surface area contributed by atoms with E-state index in [0.717, 1.165) is 9.80 Å². The number of phenols is 1. The largest absolute Gasteiger partial charge is 0.504 e. The minimum absolute atomic E-state index is 0.0818. The van der Waals surface area contributed by atoms with E-state index in [1.54, 1.807) is 25.1 Å². The maximum absolute atomic E-state index is 14.0. The summed E-state index contributed by atoms with van der Waals surface area (Å²) in [6, 6.07) is 10.1. The molecule has 0 bridgehead atoms. The molecule has 0 radical (unpaired) electrons. The lowest BCUT2D eigenvalue weighted by Gasteiger charge is -2.50. The number of halogens is 2. The van der Waals surface area contributed by atoms with Gasteiger partial charge in [0.15, 0.2) is 21.2 Å². The van der Waals surface area contributed by atoms with Crippen molar-refractivity contribution in [2.24, 2.45) is 17.8 Å². The highest BCUT2D eigenvalue weighted by Crippen LogP contribution is 2.65. The second-order valence-electron chi connectivity index (χ2n) is 11.0. The summed E-state index contributed by atoms with van der Waals surface area (Å²) in [6.45, 7) is 1.99. The first-order chi connectivity index (χ1) is 19.9. The number of benzene rings is 2. The molecule has 12 heteroatoms. The number of aromatic carboxylic acids is 1. The van der Waals surface area contributed by atoms with Crippen LogP contribution in [0.4, 0.5) is 5.69 Å². The Bertz CT molecular complexity index is 1620. The second kappa shape index (κ2) is 9.57. The summed E-state index contributed by atoms with van der Waals surface area (Å²) in [7, 11) is 1.30. The summed E-state index contributed by atoms with van der Waals surface area (Å²) in [4.78, 5) is 64.5. The smallest absolute Gasteiger partial charge is 0.335 e. The molecule has 4 amide bonds. The van der Waals surface area contributed by atoms with Gasteiger partial charge in [-0.2, -0.15) is 0 Å². The Labute approximate surface area is 250 Å². The topological polar surface area (TPSA) is 142 Å². The van der Waals surface area contributed by atoms with E-state index >= 15 is 0 Å². The second-order valence-corrected chi connectivity index (χ2v) is 12.3. The van der Waals surface area contributed by atoms with Crippen LogP contribution in [0.2, 0.25) is 0 Å². The highest BCUT2D eigenvalue weighted by Gasteiger charge is 2.75. The molecule has 6 rings (SSSR count). The van der Waals surface area contributed by atoms with Crippen LogP contribution in [0.5, 0.6) is 11.5 Å². The molecule has 10 nitrogen and oxygen atoms in total. The van der Waals surface area contributed by atoms with Gasteiger partial charge in [-0.25, -0.2) is 4.79 Å². The molecule has 2 aliphatic carbocycles. The Morgan fingerprint density at radius 3 is 2.48 bits per heavy atom. The summed E-state index contributed by atoms with van der Waals surface area (Å²) >= 11 is 14.3. The van der Waals surface area contributed by atoms with Gasteiger partial charge in [0.1, 0.15) is 0 Å². The Hall–Kier alpha value is -3.89. The number of carboxylic acid groups (broad SMARTS) is 1. The van der Waals surface area contributed by atoms with Crippen LogP contribution in [-0.4, -0.2) is 68.1 Å². The number of carbonyl (C=O) groups excluding carboxylic acids is 4. The number of hydrogen-bond acceptors (Lipinski definition) is 7. The fraction of sp³-hybridized carbons (Fsp3) is 0.367. The van der Waals surface area contributed by atoms with Crippen molar-refractivity contribution in [1.82, 2.24) is 4.90 Å². The molecule has 42 heavy (non-hydrogen) atoms. The Balaban J connectivity index is 1.50. The Kier molecular flexibility index (Phi) is 6.43. The normalized spacial score (nSPS) is 32.0. The van der Waals surface area contributed by atoms with E-state index < -0.39 is 63.0 Å². The number of aromatic hydroxyl groups is 1. The van der Waals surface area contributed by atoms with Gasteiger partial charge in [-0.1, -0.05) is 23.8 Å². The molecular formula is C30H26Cl2N2O8. The first-order valence-electron chi connectivity index (χ1n) is 13.4. The quantitative estimate of drug-likeness (QED) is 0.296. The van der Waals surface area contributed by atoms with Crippen molar-refractivity contribution in [2.45, 2.75) is 35.4 Å². The van der Waals surface area contributed by atoms with Gasteiger partial charge >= 0.3 is 5.97 Å². The zero-order chi connectivity index (χ0) is 30.3. The molecular weight excluding hydrogens is 587 g/mol. The molecule has 0 spiro atoms. The lowest BCUT2D eigenvalue weighted by atomic mass is 9.56. The van der Waals surface area contributed by atoms with Gasteiger partial charge < -0.3 is 14.9 Å². The number of carbonyl (C=O) groups is 5.